The highest BCUT2D eigenvalue weighted by molar-refractivity contribution is 6.41. The highest BCUT2D eigenvalue weighted by Crippen LogP contribution is 2.37. The van der Waals surface area contributed by atoms with Crippen molar-refractivity contribution in [3.63, 3.8) is 0 Å². The van der Waals surface area contributed by atoms with E-state index < -0.39 is 5.97 Å². The first kappa shape index (κ1) is 14.6. The molecule has 1 N–H and O–H groups in total. The predicted octanol–water partition coefficient (Wildman–Crippen LogP) is 4.75. The van der Waals surface area contributed by atoms with Crippen LogP contribution in [0.3, 0.4) is 0 Å². The van der Waals surface area contributed by atoms with Gasteiger partial charge in [0.1, 0.15) is 0 Å². The monoisotopic (exact) mass is 323 g/mol. The second-order valence-corrected chi connectivity index (χ2v) is 6.30. The summed E-state index contributed by atoms with van der Waals surface area (Å²) in [7, 11) is 0. The molecule has 0 amide bonds. The lowest BCUT2D eigenvalue weighted by Gasteiger charge is -2.25. The second kappa shape index (κ2) is 5.47. The molecule has 0 aliphatic heterocycles. The normalized spacial score (nSPS) is 17.8. The van der Waals surface area contributed by atoms with E-state index in [0.717, 1.165) is 36.9 Å². The van der Waals surface area contributed by atoms with Crippen molar-refractivity contribution in [1.29, 1.82) is 0 Å². The summed E-state index contributed by atoms with van der Waals surface area (Å²) in [5.41, 5.74) is 2.46. The minimum absolute atomic E-state index is 0.278. The molecule has 0 spiro atoms. The maximum atomic E-state index is 11.8. The first-order valence-corrected chi connectivity index (χ1v) is 7.81. The van der Waals surface area contributed by atoms with Crippen LogP contribution in [-0.4, -0.2) is 16.1 Å². The molecule has 1 aliphatic carbocycles. The van der Waals surface area contributed by atoms with Gasteiger partial charge in [0.05, 0.1) is 21.1 Å². The molecule has 5 heteroatoms. The Balaban J connectivity index is 2.38. The number of pyridine rings is 1. The van der Waals surface area contributed by atoms with Crippen molar-refractivity contribution in [2.45, 2.75) is 32.6 Å². The zero-order valence-corrected chi connectivity index (χ0v) is 13.1. The maximum Gasteiger partial charge on any atom is 0.336 e. The Morgan fingerprint density at radius 2 is 2.10 bits per heavy atom. The van der Waals surface area contributed by atoms with E-state index in [1.165, 1.54) is 0 Å². The Hall–Kier alpha value is -1.32. The van der Waals surface area contributed by atoms with Gasteiger partial charge in [-0.3, -0.25) is 4.98 Å². The smallest absolute Gasteiger partial charge is 0.336 e. The summed E-state index contributed by atoms with van der Waals surface area (Å²) in [6, 6.07) is 3.29. The number of aromatic carboxylic acids is 1. The average molecular weight is 324 g/mol. The Bertz CT molecular complexity index is 743. The molecule has 0 bridgehead atoms. The SMILES string of the molecule is CCC1CCc2nc3c(Cl)ccc(Cl)c3c(C(=O)O)c2C1. The van der Waals surface area contributed by atoms with Gasteiger partial charge >= 0.3 is 5.97 Å². The molecule has 1 aromatic carbocycles. The number of carboxylic acid groups (broad SMARTS) is 1. The van der Waals surface area contributed by atoms with Gasteiger partial charge in [0.25, 0.3) is 0 Å². The van der Waals surface area contributed by atoms with E-state index in [9.17, 15) is 9.90 Å². The molecule has 0 saturated carbocycles. The Morgan fingerprint density at radius 1 is 1.38 bits per heavy atom. The summed E-state index contributed by atoms with van der Waals surface area (Å²) in [5.74, 6) is -0.452. The summed E-state index contributed by atoms with van der Waals surface area (Å²) in [4.78, 5) is 16.4. The van der Waals surface area contributed by atoms with Gasteiger partial charge in [-0.05, 0) is 42.9 Å². The summed E-state index contributed by atoms with van der Waals surface area (Å²) in [6.07, 6.45) is 3.63. The molecule has 1 aliphatic rings. The van der Waals surface area contributed by atoms with Crippen LogP contribution in [-0.2, 0) is 12.8 Å². The van der Waals surface area contributed by atoms with E-state index in [1.54, 1.807) is 12.1 Å². The van der Waals surface area contributed by atoms with E-state index in [2.05, 4.69) is 11.9 Å². The van der Waals surface area contributed by atoms with Crippen LogP contribution in [0.1, 0.15) is 41.4 Å². The summed E-state index contributed by atoms with van der Waals surface area (Å²) >= 11 is 12.4. The summed E-state index contributed by atoms with van der Waals surface area (Å²) in [5, 5.41) is 11.0. The molecule has 110 valence electrons. The molecule has 0 saturated heterocycles. The van der Waals surface area contributed by atoms with Crippen molar-refractivity contribution in [1.82, 2.24) is 4.98 Å². The quantitative estimate of drug-likeness (QED) is 0.867. The molecule has 21 heavy (non-hydrogen) atoms. The number of fused-ring (bicyclic) bond motifs is 2. The molecule has 0 radical (unpaired) electrons. The van der Waals surface area contributed by atoms with E-state index in [4.69, 9.17) is 23.2 Å². The highest BCUT2D eigenvalue weighted by atomic mass is 35.5. The third-order valence-electron chi connectivity index (χ3n) is 4.30. The number of aryl methyl sites for hydroxylation is 1. The van der Waals surface area contributed by atoms with Gasteiger partial charge in [-0.15, -0.1) is 0 Å². The molecule has 3 nitrogen and oxygen atoms in total. The molecule has 0 fully saturated rings. The number of carboxylic acids is 1. The number of rotatable bonds is 2. The Labute approximate surface area is 132 Å². The minimum Gasteiger partial charge on any atom is -0.478 e. The third-order valence-corrected chi connectivity index (χ3v) is 4.92. The van der Waals surface area contributed by atoms with Gasteiger partial charge in [-0.25, -0.2) is 4.79 Å². The standard InChI is InChI=1S/C16H15Cl2NO2/c1-2-8-3-6-12-9(7-8)13(16(20)21)14-10(17)4-5-11(18)15(14)19-12/h4-5,8H,2-3,6-7H2,1H3,(H,20,21). The predicted molar refractivity (Wildman–Crippen MR) is 84.5 cm³/mol. The first-order chi connectivity index (χ1) is 10.0. The average Bonchev–Trinajstić information content (AvgIpc) is 2.48. The van der Waals surface area contributed by atoms with Crippen LogP contribution in [0.25, 0.3) is 10.9 Å². The van der Waals surface area contributed by atoms with Crippen molar-refractivity contribution >= 4 is 40.1 Å². The third kappa shape index (κ3) is 2.39. The van der Waals surface area contributed by atoms with Crippen LogP contribution in [0.4, 0.5) is 0 Å². The number of hydrogen-bond acceptors (Lipinski definition) is 2. The lowest BCUT2D eigenvalue weighted by molar-refractivity contribution is 0.0697. The number of carbonyl (C=O) groups is 1. The molecular formula is C16H15Cl2NO2. The van der Waals surface area contributed by atoms with Crippen LogP contribution >= 0.6 is 23.2 Å². The van der Waals surface area contributed by atoms with Crippen molar-refractivity contribution in [3.8, 4) is 0 Å². The van der Waals surface area contributed by atoms with Crippen LogP contribution < -0.4 is 0 Å². The van der Waals surface area contributed by atoms with E-state index in [1.807, 2.05) is 0 Å². The molecule has 1 unspecified atom stereocenters. The molecular weight excluding hydrogens is 309 g/mol. The van der Waals surface area contributed by atoms with Crippen LogP contribution in [0.2, 0.25) is 10.0 Å². The molecule has 1 aromatic heterocycles. The van der Waals surface area contributed by atoms with Gasteiger partial charge in [0, 0.05) is 11.1 Å². The van der Waals surface area contributed by atoms with Gasteiger partial charge in [-0.2, -0.15) is 0 Å². The molecule has 1 heterocycles. The largest absolute Gasteiger partial charge is 0.478 e. The number of benzene rings is 1. The molecule has 3 rings (SSSR count). The van der Waals surface area contributed by atoms with Crippen LogP contribution in [0.5, 0.6) is 0 Å². The fourth-order valence-electron chi connectivity index (χ4n) is 3.13. The van der Waals surface area contributed by atoms with Crippen LogP contribution in [0, 0.1) is 5.92 Å². The number of halogens is 2. The molecule has 2 aromatic rings. The fraction of sp³-hybridized carbons (Fsp3) is 0.375. The van der Waals surface area contributed by atoms with Crippen molar-refractivity contribution in [2.24, 2.45) is 5.92 Å². The Morgan fingerprint density at radius 3 is 2.76 bits per heavy atom. The van der Waals surface area contributed by atoms with Gasteiger partial charge in [-0.1, -0.05) is 36.5 Å². The second-order valence-electron chi connectivity index (χ2n) is 5.49. The van der Waals surface area contributed by atoms with E-state index in [-0.39, 0.29) is 5.56 Å². The number of nitrogens with zero attached hydrogens (tertiary/aromatic N) is 1. The first-order valence-electron chi connectivity index (χ1n) is 7.05. The lowest BCUT2D eigenvalue weighted by atomic mass is 9.82. The van der Waals surface area contributed by atoms with Gasteiger partial charge in [0.2, 0.25) is 0 Å². The molecule has 1 atom stereocenters. The summed E-state index contributed by atoms with van der Waals surface area (Å²) < 4.78 is 0. The fourth-order valence-corrected chi connectivity index (χ4v) is 3.58. The van der Waals surface area contributed by atoms with Gasteiger partial charge < -0.3 is 5.11 Å². The van der Waals surface area contributed by atoms with Crippen molar-refractivity contribution in [2.75, 3.05) is 0 Å². The lowest BCUT2D eigenvalue weighted by Crippen LogP contribution is -2.19. The van der Waals surface area contributed by atoms with E-state index in [0.29, 0.717) is 26.9 Å². The van der Waals surface area contributed by atoms with Gasteiger partial charge in [0.15, 0.2) is 0 Å². The highest BCUT2D eigenvalue weighted by Gasteiger charge is 2.27. The minimum atomic E-state index is -0.959. The Kier molecular flexibility index (Phi) is 3.80. The number of aromatic nitrogens is 1. The van der Waals surface area contributed by atoms with Crippen molar-refractivity contribution < 1.29 is 9.90 Å². The zero-order valence-electron chi connectivity index (χ0n) is 11.6. The zero-order chi connectivity index (χ0) is 15.1. The van der Waals surface area contributed by atoms with Crippen molar-refractivity contribution in [3.05, 3.63) is 39.0 Å². The van der Waals surface area contributed by atoms with E-state index >= 15 is 0 Å². The summed E-state index contributed by atoms with van der Waals surface area (Å²) in [6.45, 7) is 2.13. The topological polar surface area (TPSA) is 50.2 Å². The van der Waals surface area contributed by atoms with Crippen LogP contribution in [0.15, 0.2) is 12.1 Å². The maximum absolute atomic E-state index is 11.8. The number of hydrogen-bond donors (Lipinski definition) is 1.